The maximum atomic E-state index is 11.7. The van der Waals surface area contributed by atoms with Crippen molar-refractivity contribution in [1.82, 2.24) is 0 Å². The molecule has 0 aromatic heterocycles. The Labute approximate surface area is 101 Å². The maximum absolute atomic E-state index is 11.7. The van der Waals surface area contributed by atoms with Crippen molar-refractivity contribution in [1.29, 1.82) is 0 Å². The van der Waals surface area contributed by atoms with Crippen LogP contribution >= 0.6 is 0 Å². The normalized spacial score (nSPS) is 23.6. The summed E-state index contributed by atoms with van der Waals surface area (Å²) >= 11 is 0. The van der Waals surface area contributed by atoms with E-state index in [-0.39, 0.29) is 30.1 Å². The molecule has 0 fully saturated rings. The standard InChI is InChI=1S/C12H17NO3S/c13-12-7-9-3-1-2-4-10(9)11(12)8-17(15,16)6-5-14/h1-4,11-12,14H,5-8,13H2/t11-,12-/m1/s1. The quantitative estimate of drug-likeness (QED) is 0.797. The second-order valence-electron chi connectivity index (χ2n) is 4.51. The van der Waals surface area contributed by atoms with Gasteiger partial charge in [0, 0.05) is 12.0 Å². The second-order valence-corrected chi connectivity index (χ2v) is 6.74. The van der Waals surface area contributed by atoms with Gasteiger partial charge in [-0.3, -0.25) is 0 Å². The van der Waals surface area contributed by atoms with Gasteiger partial charge in [-0.15, -0.1) is 0 Å². The van der Waals surface area contributed by atoms with Crippen LogP contribution in [0.5, 0.6) is 0 Å². The first-order chi connectivity index (χ1) is 8.03. The first-order valence-corrected chi connectivity index (χ1v) is 7.50. The van der Waals surface area contributed by atoms with E-state index in [1.54, 1.807) is 0 Å². The van der Waals surface area contributed by atoms with Crippen LogP contribution in [0.15, 0.2) is 24.3 Å². The number of aliphatic hydroxyl groups excluding tert-OH is 1. The van der Waals surface area contributed by atoms with Crippen LogP contribution < -0.4 is 5.73 Å². The Morgan fingerprint density at radius 1 is 1.35 bits per heavy atom. The van der Waals surface area contributed by atoms with Crippen LogP contribution in [0.4, 0.5) is 0 Å². The first-order valence-electron chi connectivity index (χ1n) is 5.68. The van der Waals surface area contributed by atoms with Crippen molar-refractivity contribution in [3.8, 4) is 0 Å². The Balaban J connectivity index is 2.23. The molecule has 0 spiro atoms. The van der Waals surface area contributed by atoms with E-state index in [1.165, 1.54) is 0 Å². The first kappa shape index (κ1) is 12.5. The van der Waals surface area contributed by atoms with E-state index in [4.69, 9.17) is 10.8 Å². The lowest BCUT2D eigenvalue weighted by atomic mass is 10.0. The van der Waals surface area contributed by atoms with E-state index in [1.807, 2.05) is 24.3 Å². The molecule has 0 saturated carbocycles. The zero-order valence-electron chi connectivity index (χ0n) is 9.54. The lowest BCUT2D eigenvalue weighted by Crippen LogP contribution is -2.31. The van der Waals surface area contributed by atoms with Crippen LogP contribution in [-0.2, 0) is 16.3 Å². The van der Waals surface area contributed by atoms with Gasteiger partial charge in [-0.1, -0.05) is 24.3 Å². The Kier molecular flexibility index (Phi) is 3.51. The van der Waals surface area contributed by atoms with E-state index < -0.39 is 9.84 Å². The third-order valence-electron chi connectivity index (χ3n) is 3.26. The largest absolute Gasteiger partial charge is 0.395 e. The molecule has 17 heavy (non-hydrogen) atoms. The number of nitrogens with two attached hydrogens (primary N) is 1. The van der Waals surface area contributed by atoms with Gasteiger partial charge >= 0.3 is 0 Å². The van der Waals surface area contributed by atoms with Crippen molar-refractivity contribution >= 4 is 9.84 Å². The molecule has 0 aliphatic heterocycles. The van der Waals surface area contributed by atoms with Gasteiger partial charge in [0.2, 0.25) is 0 Å². The molecule has 1 aromatic rings. The fourth-order valence-corrected chi connectivity index (χ4v) is 3.84. The molecular formula is C12H17NO3S. The molecule has 3 N–H and O–H groups in total. The van der Waals surface area contributed by atoms with Gasteiger partial charge in [-0.25, -0.2) is 8.42 Å². The molecule has 94 valence electrons. The summed E-state index contributed by atoms with van der Waals surface area (Å²) in [5.41, 5.74) is 8.19. The molecule has 4 nitrogen and oxygen atoms in total. The van der Waals surface area contributed by atoms with Gasteiger partial charge in [-0.2, -0.15) is 0 Å². The van der Waals surface area contributed by atoms with Crippen molar-refractivity contribution in [3.63, 3.8) is 0 Å². The molecule has 0 heterocycles. The molecule has 2 atom stereocenters. The topological polar surface area (TPSA) is 80.4 Å². The maximum Gasteiger partial charge on any atom is 0.153 e. The van der Waals surface area contributed by atoms with Crippen LogP contribution in [0.25, 0.3) is 0 Å². The van der Waals surface area contributed by atoms with Crippen LogP contribution in [0.1, 0.15) is 17.0 Å². The van der Waals surface area contributed by atoms with E-state index in [0.717, 1.165) is 17.5 Å². The Morgan fingerprint density at radius 2 is 2.06 bits per heavy atom. The Hall–Kier alpha value is -0.910. The molecule has 1 aliphatic rings. The monoisotopic (exact) mass is 255 g/mol. The minimum absolute atomic E-state index is 0.0335. The highest BCUT2D eigenvalue weighted by Gasteiger charge is 2.32. The van der Waals surface area contributed by atoms with Gasteiger partial charge in [0.15, 0.2) is 9.84 Å². The molecule has 0 amide bonds. The highest BCUT2D eigenvalue weighted by molar-refractivity contribution is 7.91. The molecule has 0 saturated heterocycles. The summed E-state index contributed by atoms with van der Waals surface area (Å²) in [6.45, 7) is -0.327. The number of sulfone groups is 1. The van der Waals surface area contributed by atoms with Gasteiger partial charge in [0.1, 0.15) is 0 Å². The van der Waals surface area contributed by atoms with Gasteiger partial charge in [0.25, 0.3) is 0 Å². The SMILES string of the molecule is N[C@@H]1Cc2ccccc2[C@H]1CS(=O)(=O)CCO. The Bertz CT molecular complexity index is 498. The lowest BCUT2D eigenvalue weighted by Gasteiger charge is -2.16. The van der Waals surface area contributed by atoms with Crippen LogP contribution in [0.2, 0.25) is 0 Å². The van der Waals surface area contributed by atoms with Crippen molar-refractivity contribution in [2.75, 3.05) is 18.1 Å². The van der Waals surface area contributed by atoms with E-state index in [0.29, 0.717) is 0 Å². The number of hydrogen-bond acceptors (Lipinski definition) is 4. The van der Waals surface area contributed by atoms with E-state index >= 15 is 0 Å². The molecule has 2 rings (SSSR count). The predicted molar refractivity (Wildman–Crippen MR) is 66.6 cm³/mol. The van der Waals surface area contributed by atoms with Crippen molar-refractivity contribution in [2.24, 2.45) is 5.73 Å². The highest BCUT2D eigenvalue weighted by Crippen LogP contribution is 2.33. The average molecular weight is 255 g/mol. The summed E-state index contributed by atoms with van der Waals surface area (Å²) in [7, 11) is -3.22. The fourth-order valence-electron chi connectivity index (χ4n) is 2.42. The molecular weight excluding hydrogens is 238 g/mol. The summed E-state index contributed by atoms with van der Waals surface area (Å²) in [5, 5.41) is 8.73. The number of fused-ring (bicyclic) bond motifs is 1. The molecule has 0 unspecified atom stereocenters. The highest BCUT2D eigenvalue weighted by atomic mass is 32.2. The summed E-state index contributed by atoms with van der Waals surface area (Å²) in [6.07, 6.45) is 0.732. The predicted octanol–water partition coefficient (Wildman–Crippen LogP) is 0.0607. The molecule has 5 heteroatoms. The van der Waals surface area contributed by atoms with Crippen molar-refractivity contribution in [2.45, 2.75) is 18.4 Å². The Morgan fingerprint density at radius 3 is 2.76 bits per heavy atom. The zero-order valence-corrected chi connectivity index (χ0v) is 10.4. The van der Waals surface area contributed by atoms with E-state index in [9.17, 15) is 8.42 Å². The van der Waals surface area contributed by atoms with Gasteiger partial charge in [0.05, 0.1) is 18.1 Å². The zero-order chi connectivity index (χ0) is 12.5. The lowest BCUT2D eigenvalue weighted by molar-refractivity contribution is 0.319. The van der Waals surface area contributed by atoms with E-state index in [2.05, 4.69) is 0 Å². The smallest absolute Gasteiger partial charge is 0.153 e. The minimum atomic E-state index is -3.22. The fraction of sp³-hybridized carbons (Fsp3) is 0.500. The van der Waals surface area contributed by atoms with Gasteiger partial charge < -0.3 is 10.8 Å². The van der Waals surface area contributed by atoms with Crippen molar-refractivity contribution in [3.05, 3.63) is 35.4 Å². The summed E-state index contributed by atoms with van der Waals surface area (Å²) < 4.78 is 23.5. The van der Waals surface area contributed by atoms with Crippen LogP contribution in [-0.4, -0.2) is 37.7 Å². The van der Waals surface area contributed by atoms with Crippen molar-refractivity contribution < 1.29 is 13.5 Å². The minimum Gasteiger partial charge on any atom is -0.395 e. The second kappa shape index (κ2) is 4.76. The molecule has 0 bridgehead atoms. The van der Waals surface area contributed by atoms with Crippen LogP contribution in [0.3, 0.4) is 0 Å². The summed E-state index contributed by atoms with van der Waals surface area (Å²) in [6, 6.07) is 7.65. The molecule has 1 aromatic carbocycles. The third-order valence-corrected chi connectivity index (χ3v) is 4.93. The third kappa shape index (κ3) is 2.68. The number of aliphatic hydroxyl groups is 1. The summed E-state index contributed by atoms with van der Waals surface area (Å²) in [5.74, 6) is -0.285. The molecule has 1 aliphatic carbocycles. The average Bonchev–Trinajstić information content (AvgIpc) is 2.55. The van der Waals surface area contributed by atoms with Crippen LogP contribution in [0, 0.1) is 0 Å². The molecule has 0 radical (unpaired) electrons. The number of benzene rings is 1. The number of hydrogen-bond donors (Lipinski definition) is 2. The van der Waals surface area contributed by atoms with Gasteiger partial charge in [-0.05, 0) is 17.5 Å². The number of rotatable bonds is 4. The summed E-state index contributed by atoms with van der Waals surface area (Å²) in [4.78, 5) is 0.